The monoisotopic (exact) mass is 197 g/mol. The van der Waals surface area contributed by atoms with Crippen LogP contribution in [0.2, 0.25) is 0 Å². The molecule has 0 saturated heterocycles. The molecule has 0 fully saturated rings. The van der Waals surface area contributed by atoms with Crippen molar-refractivity contribution in [1.29, 1.82) is 0 Å². The normalized spacial score (nSPS) is 9.62. The molecular formula is C9H11NO2S. The number of hydrogen-bond donors (Lipinski definition) is 1. The van der Waals surface area contributed by atoms with Crippen LogP contribution in [0.25, 0.3) is 0 Å². The van der Waals surface area contributed by atoms with Crippen molar-refractivity contribution in [2.24, 2.45) is 5.73 Å². The molecule has 0 aromatic heterocycles. The number of ether oxygens (including phenoxy) is 1. The van der Waals surface area contributed by atoms with Gasteiger partial charge in [-0.1, -0.05) is 12.1 Å². The Morgan fingerprint density at radius 1 is 1.54 bits per heavy atom. The summed E-state index contributed by atoms with van der Waals surface area (Å²) < 4.78 is 5.10. The van der Waals surface area contributed by atoms with E-state index in [1.54, 1.807) is 7.11 Å². The molecule has 0 atom stereocenters. The molecule has 0 unspecified atom stereocenters. The molecule has 3 nitrogen and oxygen atoms in total. The minimum Gasteiger partial charge on any atom is -0.496 e. The highest BCUT2D eigenvalue weighted by atomic mass is 32.2. The lowest BCUT2D eigenvalue weighted by Gasteiger charge is -2.05. The smallest absolute Gasteiger partial charge is 0.227 e. The average Bonchev–Trinajstić information content (AvgIpc) is 2.15. The number of primary amides is 1. The number of hydrogen-bond acceptors (Lipinski definition) is 3. The Morgan fingerprint density at radius 2 is 2.23 bits per heavy atom. The first-order valence-electron chi connectivity index (χ1n) is 3.78. The summed E-state index contributed by atoms with van der Waals surface area (Å²) >= 11 is 1.38. The van der Waals surface area contributed by atoms with Gasteiger partial charge in [0.1, 0.15) is 5.75 Å². The summed E-state index contributed by atoms with van der Waals surface area (Å²) in [6.07, 6.45) is 0. The van der Waals surface area contributed by atoms with E-state index in [2.05, 4.69) is 0 Å². The maximum absolute atomic E-state index is 10.5. The predicted octanol–water partition coefficient (Wildman–Crippen LogP) is 1.27. The molecule has 2 N–H and O–H groups in total. The van der Waals surface area contributed by atoms with Crippen molar-refractivity contribution in [3.8, 4) is 5.75 Å². The zero-order valence-electron chi connectivity index (χ0n) is 7.32. The number of thioether (sulfide) groups is 1. The molecule has 4 heteroatoms. The molecule has 70 valence electrons. The summed E-state index contributed by atoms with van der Waals surface area (Å²) in [6.45, 7) is 0. The van der Waals surface area contributed by atoms with Crippen molar-refractivity contribution in [2.75, 3.05) is 12.9 Å². The van der Waals surface area contributed by atoms with Crippen LogP contribution in [-0.4, -0.2) is 18.8 Å². The van der Waals surface area contributed by atoms with E-state index in [0.29, 0.717) is 0 Å². The van der Waals surface area contributed by atoms with Gasteiger partial charge in [-0.25, -0.2) is 0 Å². The number of amides is 1. The van der Waals surface area contributed by atoms with Crippen LogP contribution in [-0.2, 0) is 4.79 Å². The predicted molar refractivity (Wildman–Crippen MR) is 52.9 cm³/mol. The van der Waals surface area contributed by atoms with Crippen molar-refractivity contribution in [3.63, 3.8) is 0 Å². The summed E-state index contributed by atoms with van der Waals surface area (Å²) in [5.74, 6) is 0.727. The molecule has 0 aliphatic heterocycles. The van der Waals surface area contributed by atoms with E-state index in [0.717, 1.165) is 10.6 Å². The lowest BCUT2D eigenvalue weighted by molar-refractivity contribution is -0.115. The largest absolute Gasteiger partial charge is 0.496 e. The second-order valence-electron chi connectivity index (χ2n) is 2.41. The third kappa shape index (κ3) is 2.99. The minimum absolute atomic E-state index is 0.278. The summed E-state index contributed by atoms with van der Waals surface area (Å²) in [7, 11) is 1.60. The van der Waals surface area contributed by atoms with Gasteiger partial charge in [-0.15, -0.1) is 11.8 Å². The van der Waals surface area contributed by atoms with Gasteiger partial charge in [0, 0.05) is 4.90 Å². The highest BCUT2D eigenvalue weighted by molar-refractivity contribution is 8.00. The molecular weight excluding hydrogens is 186 g/mol. The Bertz CT molecular complexity index is 301. The van der Waals surface area contributed by atoms with E-state index in [1.165, 1.54) is 11.8 Å². The fourth-order valence-electron chi connectivity index (χ4n) is 0.887. The van der Waals surface area contributed by atoms with Crippen LogP contribution < -0.4 is 10.5 Å². The fourth-order valence-corrected chi connectivity index (χ4v) is 1.65. The SMILES string of the molecule is COc1ccccc1SCC(N)=O. The molecule has 1 aromatic rings. The summed E-state index contributed by atoms with van der Waals surface area (Å²) in [6, 6.07) is 7.52. The second kappa shape index (κ2) is 4.77. The molecule has 0 saturated carbocycles. The number of rotatable bonds is 4. The number of carbonyl (C=O) groups excluding carboxylic acids is 1. The van der Waals surface area contributed by atoms with Gasteiger partial charge in [0.15, 0.2) is 0 Å². The van der Waals surface area contributed by atoms with Crippen molar-refractivity contribution in [3.05, 3.63) is 24.3 Å². The number of benzene rings is 1. The van der Waals surface area contributed by atoms with E-state index < -0.39 is 0 Å². The van der Waals surface area contributed by atoms with E-state index in [4.69, 9.17) is 10.5 Å². The van der Waals surface area contributed by atoms with Gasteiger partial charge >= 0.3 is 0 Å². The first-order chi connectivity index (χ1) is 6.24. The molecule has 0 heterocycles. The van der Waals surface area contributed by atoms with Crippen LogP contribution >= 0.6 is 11.8 Å². The number of carbonyl (C=O) groups is 1. The van der Waals surface area contributed by atoms with Crippen molar-refractivity contribution in [1.82, 2.24) is 0 Å². The van der Waals surface area contributed by atoms with E-state index >= 15 is 0 Å². The van der Waals surface area contributed by atoms with Gasteiger partial charge < -0.3 is 10.5 Å². The quantitative estimate of drug-likeness (QED) is 0.739. The first-order valence-corrected chi connectivity index (χ1v) is 4.76. The van der Waals surface area contributed by atoms with Crippen LogP contribution in [0.1, 0.15) is 0 Å². The number of para-hydroxylation sites is 1. The van der Waals surface area contributed by atoms with E-state index in [-0.39, 0.29) is 11.7 Å². The third-order valence-corrected chi connectivity index (χ3v) is 2.52. The van der Waals surface area contributed by atoms with Crippen molar-refractivity contribution < 1.29 is 9.53 Å². The van der Waals surface area contributed by atoms with Gasteiger partial charge in [0.05, 0.1) is 12.9 Å². The molecule has 1 aromatic carbocycles. The Kier molecular flexibility index (Phi) is 3.64. The maximum atomic E-state index is 10.5. The van der Waals surface area contributed by atoms with Gasteiger partial charge in [-0.05, 0) is 12.1 Å². The summed E-state index contributed by atoms with van der Waals surface area (Å²) in [5, 5.41) is 0. The molecule has 0 spiro atoms. The number of methoxy groups -OCH3 is 1. The van der Waals surface area contributed by atoms with Gasteiger partial charge in [-0.2, -0.15) is 0 Å². The highest BCUT2D eigenvalue weighted by Crippen LogP contribution is 2.27. The molecule has 0 radical (unpaired) electrons. The first kappa shape index (κ1) is 9.92. The van der Waals surface area contributed by atoms with Crippen LogP contribution in [0.15, 0.2) is 29.2 Å². The van der Waals surface area contributed by atoms with Crippen molar-refractivity contribution >= 4 is 17.7 Å². The van der Waals surface area contributed by atoms with E-state index in [1.807, 2.05) is 24.3 Å². The third-order valence-electron chi connectivity index (χ3n) is 1.44. The molecule has 13 heavy (non-hydrogen) atoms. The average molecular weight is 197 g/mol. The molecule has 0 bridgehead atoms. The van der Waals surface area contributed by atoms with Crippen LogP contribution in [0, 0.1) is 0 Å². The fraction of sp³-hybridized carbons (Fsp3) is 0.222. The van der Waals surface area contributed by atoms with Gasteiger partial charge in [0.2, 0.25) is 5.91 Å². The van der Waals surface area contributed by atoms with Gasteiger partial charge in [-0.3, -0.25) is 4.79 Å². The highest BCUT2D eigenvalue weighted by Gasteiger charge is 2.03. The Hall–Kier alpha value is -1.16. The van der Waals surface area contributed by atoms with Crippen LogP contribution in [0.5, 0.6) is 5.75 Å². The zero-order valence-corrected chi connectivity index (χ0v) is 8.14. The molecule has 1 rings (SSSR count). The maximum Gasteiger partial charge on any atom is 0.227 e. The number of nitrogens with two attached hydrogens (primary N) is 1. The second-order valence-corrected chi connectivity index (χ2v) is 3.42. The standard InChI is InChI=1S/C9H11NO2S/c1-12-7-4-2-3-5-8(7)13-6-9(10)11/h2-5H,6H2,1H3,(H2,10,11). The molecule has 1 amide bonds. The summed E-state index contributed by atoms with van der Waals surface area (Å²) in [5.41, 5.74) is 5.03. The Balaban J connectivity index is 2.69. The topological polar surface area (TPSA) is 52.3 Å². The van der Waals surface area contributed by atoms with Gasteiger partial charge in [0.25, 0.3) is 0 Å². The van der Waals surface area contributed by atoms with E-state index in [9.17, 15) is 4.79 Å². The molecule has 0 aliphatic carbocycles. The van der Waals surface area contributed by atoms with Crippen LogP contribution in [0.4, 0.5) is 0 Å². The lowest BCUT2D eigenvalue weighted by atomic mass is 10.3. The summed E-state index contributed by atoms with van der Waals surface area (Å²) in [4.78, 5) is 11.5. The molecule has 0 aliphatic rings. The van der Waals surface area contributed by atoms with Crippen LogP contribution in [0.3, 0.4) is 0 Å². The van der Waals surface area contributed by atoms with Crippen molar-refractivity contribution in [2.45, 2.75) is 4.90 Å². The Labute approximate surface area is 81.3 Å². The Morgan fingerprint density at radius 3 is 2.85 bits per heavy atom. The minimum atomic E-state index is -0.323. The lowest BCUT2D eigenvalue weighted by Crippen LogP contribution is -2.12. The zero-order chi connectivity index (χ0) is 9.68.